The van der Waals surface area contributed by atoms with Gasteiger partial charge in [0.15, 0.2) is 5.13 Å². The van der Waals surface area contributed by atoms with Crippen LogP contribution in [0.25, 0.3) is 16.3 Å². The molecule has 0 aliphatic heterocycles. The van der Waals surface area contributed by atoms with E-state index in [4.69, 9.17) is 4.74 Å². The van der Waals surface area contributed by atoms with Crippen LogP contribution in [0.1, 0.15) is 33.7 Å². The molecule has 6 rings (SSSR count). The Kier molecular flexibility index (Phi) is 10.8. The first-order valence-electron chi connectivity index (χ1n) is 15.6. The van der Waals surface area contributed by atoms with Gasteiger partial charge in [-0.2, -0.15) is 0 Å². The minimum absolute atomic E-state index is 0.100. The summed E-state index contributed by atoms with van der Waals surface area (Å²) in [7, 11) is 0. The number of nitrogens with one attached hydrogen (secondary N) is 3. The quantitative estimate of drug-likeness (QED) is 0.0880. The van der Waals surface area contributed by atoms with Crippen LogP contribution in [0.4, 0.5) is 10.8 Å². The lowest BCUT2D eigenvalue weighted by atomic mass is 10.1. The molecule has 0 fully saturated rings. The van der Waals surface area contributed by atoms with Crippen LogP contribution in [0, 0.1) is 0 Å². The standard InChI is InChI=1S/C39H32N4O4S2/c1-2-47-30-20-23-32-34(25-30)49-39(42-32)43-38(46)35(27-14-8-4-9-15-27)48-31-21-18-29(19-22-31)40-37(45)33(24-26-12-6-3-7-13-26)41-36(44)28-16-10-5-11-17-28/h3-25,35H,2H2,1H3,(H,40,45)(H,41,44)(H,42,43,46)/b33-24-. The number of benzene rings is 5. The summed E-state index contributed by atoms with van der Waals surface area (Å²) >= 11 is 2.78. The maximum absolute atomic E-state index is 13.7. The smallest absolute Gasteiger partial charge is 0.272 e. The van der Waals surface area contributed by atoms with Crippen LogP contribution in [-0.2, 0) is 9.59 Å². The van der Waals surface area contributed by atoms with Crippen molar-refractivity contribution in [3.05, 3.63) is 156 Å². The van der Waals surface area contributed by atoms with Crippen LogP contribution < -0.4 is 20.7 Å². The van der Waals surface area contributed by atoms with E-state index in [9.17, 15) is 14.4 Å². The number of carbonyl (C=O) groups is 3. The van der Waals surface area contributed by atoms with Crippen LogP contribution in [0.2, 0.25) is 0 Å². The highest BCUT2D eigenvalue weighted by Crippen LogP contribution is 2.38. The van der Waals surface area contributed by atoms with Crippen molar-refractivity contribution < 1.29 is 19.1 Å². The molecule has 5 aromatic carbocycles. The molecule has 0 saturated heterocycles. The first-order chi connectivity index (χ1) is 23.9. The topological polar surface area (TPSA) is 109 Å². The van der Waals surface area contributed by atoms with E-state index in [1.165, 1.54) is 23.1 Å². The van der Waals surface area contributed by atoms with Gasteiger partial charge in [-0.05, 0) is 78.7 Å². The van der Waals surface area contributed by atoms with Gasteiger partial charge in [0, 0.05) is 16.1 Å². The number of hydrogen-bond donors (Lipinski definition) is 3. The lowest BCUT2D eigenvalue weighted by molar-refractivity contribution is -0.116. The number of hydrogen-bond acceptors (Lipinski definition) is 7. The molecular formula is C39H32N4O4S2. The lowest BCUT2D eigenvalue weighted by Crippen LogP contribution is -2.30. The summed E-state index contributed by atoms with van der Waals surface area (Å²) in [6.45, 7) is 2.50. The number of rotatable bonds is 12. The molecule has 0 spiro atoms. The van der Waals surface area contributed by atoms with Gasteiger partial charge in [0.05, 0.1) is 16.8 Å². The van der Waals surface area contributed by atoms with Crippen molar-refractivity contribution in [3.63, 3.8) is 0 Å². The third-order valence-corrected chi connectivity index (χ3v) is 9.45. The molecule has 1 unspecified atom stereocenters. The fourth-order valence-corrected chi connectivity index (χ4v) is 6.82. The molecule has 0 aliphatic carbocycles. The fourth-order valence-electron chi connectivity index (χ4n) is 4.90. The predicted octanol–water partition coefficient (Wildman–Crippen LogP) is 8.58. The van der Waals surface area contributed by atoms with Crippen molar-refractivity contribution in [1.82, 2.24) is 10.3 Å². The van der Waals surface area contributed by atoms with E-state index in [2.05, 4.69) is 20.9 Å². The minimum atomic E-state index is -0.568. The molecule has 244 valence electrons. The maximum Gasteiger partial charge on any atom is 0.272 e. The summed E-state index contributed by atoms with van der Waals surface area (Å²) in [5.74, 6) is -0.313. The first-order valence-corrected chi connectivity index (χ1v) is 17.2. The Hall–Kier alpha value is -5.71. The summed E-state index contributed by atoms with van der Waals surface area (Å²) < 4.78 is 6.53. The molecule has 1 heterocycles. The third kappa shape index (κ3) is 8.81. The summed E-state index contributed by atoms with van der Waals surface area (Å²) in [6, 6.07) is 40.5. The zero-order chi connectivity index (χ0) is 34.0. The van der Waals surface area contributed by atoms with Gasteiger partial charge in [0.1, 0.15) is 16.7 Å². The van der Waals surface area contributed by atoms with Crippen LogP contribution >= 0.6 is 23.1 Å². The van der Waals surface area contributed by atoms with Crippen molar-refractivity contribution in [3.8, 4) is 5.75 Å². The molecule has 10 heteroatoms. The van der Waals surface area contributed by atoms with Crippen molar-refractivity contribution in [2.24, 2.45) is 0 Å². The summed E-state index contributed by atoms with van der Waals surface area (Å²) in [5.41, 5.74) is 3.46. The molecule has 1 aromatic heterocycles. The Bertz CT molecular complexity index is 2080. The van der Waals surface area contributed by atoms with E-state index in [1.807, 2.05) is 104 Å². The molecule has 0 radical (unpaired) electrons. The van der Waals surface area contributed by atoms with E-state index in [1.54, 1.807) is 42.5 Å². The number of ether oxygens (including phenoxy) is 1. The Labute approximate surface area is 292 Å². The van der Waals surface area contributed by atoms with Gasteiger partial charge in [-0.1, -0.05) is 90.2 Å². The molecule has 8 nitrogen and oxygen atoms in total. The van der Waals surface area contributed by atoms with Gasteiger partial charge in [-0.15, -0.1) is 11.8 Å². The van der Waals surface area contributed by atoms with Crippen molar-refractivity contribution in [2.45, 2.75) is 17.1 Å². The number of amides is 3. The van der Waals surface area contributed by atoms with Gasteiger partial charge in [0.25, 0.3) is 11.8 Å². The van der Waals surface area contributed by atoms with Crippen LogP contribution in [0.5, 0.6) is 5.75 Å². The average molecular weight is 685 g/mol. The van der Waals surface area contributed by atoms with Gasteiger partial charge >= 0.3 is 0 Å². The third-order valence-electron chi connectivity index (χ3n) is 7.25. The molecule has 1 atom stereocenters. The summed E-state index contributed by atoms with van der Waals surface area (Å²) in [6.07, 6.45) is 1.63. The summed E-state index contributed by atoms with van der Waals surface area (Å²) in [4.78, 5) is 45.5. The monoisotopic (exact) mass is 684 g/mol. The van der Waals surface area contributed by atoms with Crippen molar-refractivity contribution in [1.29, 1.82) is 0 Å². The average Bonchev–Trinajstić information content (AvgIpc) is 3.53. The van der Waals surface area contributed by atoms with Crippen LogP contribution in [0.15, 0.2) is 144 Å². The fraction of sp³-hybridized carbons (Fsp3) is 0.0769. The van der Waals surface area contributed by atoms with Crippen LogP contribution in [-0.4, -0.2) is 29.3 Å². The normalized spacial score (nSPS) is 11.8. The highest BCUT2D eigenvalue weighted by molar-refractivity contribution is 8.00. The zero-order valence-corrected chi connectivity index (χ0v) is 28.1. The highest BCUT2D eigenvalue weighted by Gasteiger charge is 2.24. The van der Waals surface area contributed by atoms with Gasteiger partial charge in [-0.3, -0.25) is 14.4 Å². The zero-order valence-electron chi connectivity index (χ0n) is 26.5. The SMILES string of the molecule is CCOc1ccc2nc(NC(=O)C(Sc3ccc(NC(=O)/C(=C/c4ccccc4)NC(=O)c4ccccc4)cc3)c3ccccc3)sc2c1. The second kappa shape index (κ2) is 15.9. The summed E-state index contributed by atoms with van der Waals surface area (Å²) in [5, 5.41) is 8.59. The highest BCUT2D eigenvalue weighted by atomic mass is 32.2. The van der Waals surface area contributed by atoms with Crippen LogP contribution in [0.3, 0.4) is 0 Å². The molecule has 6 aromatic rings. The van der Waals surface area contributed by atoms with Crippen molar-refractivity contribution in [2.75, 3.05) is 17.2 Å². The van der Waals surface area contributed by atoms with Gasteiger partial charge < -0.3 is 20.7 Å². The molecule has 3 N–H and O–H groups in total. The number of anilines is 2. The molecule has 0 saturated carbocycles. The largest absolute Gasteiger partial charge is 0.494 e. The Balaban J connectivity index is 1.17. The number of carbonyl (C=O) groups excluding carboxylic acids is 3. The minimum Gasteiger partial charge on any atom is -0.494 e. The second-order valence-electron chi connectivity index (χ2n) is 10.7. The Morgan fingerprint density at radius 3 is 2.18 bits per heavy atom. The van der Waals surface area contributed by atoms with E-state index in [0.29, 0.717) is 23.0 Å². The number of thioether (sulfide) groups is 1. The van der Waals surface area contributed by atoms with Gasteiger partial charge in [0.2, 0.25) is 5.91 Å². The Morgan fingerprint density at radius 1 is 0.816 bits per heavy atom. The molecule has 49 heavy (non-hydrogen) atoms. The van der Waals surface area contributed by atoms with E-state index < -0.39 is 17.1 Å². The first kappa shape index (κ1) is 33.2. The Morgan fingerprint density at radius 2 is 1.49 bits per heavy atom. The molecular weight excluding hydrogens is 653 g/mol. The van der Waals surface area contributed by atoms with Gasteiger partial charge in [-0.25, -0.2) is 4.98 Å². The van der Waals surface area contributed by atoms with E-state index in [-0.39, 0.29) is 11.6 Å². The number of fused-ring (bicyclic) bond motifs is 1. The van der Waals surface area contributed by atoms with E-state index in [0.717, 1.165) is 32.0 Å². The predicted molar refractivity (Wildman–Crippen MR) is 198 cm³/mol. The number of nitrogens with zero attached hydrogens (tertiary/aromatic N) is 1. The van der Waals surface area contributed by atoms with Crippen molar-refractivity contribution >= 4 is 67.9 Å². The number of thiazole rings is 1. The maximum atomic E-state index is 13.7. The molecule has 0 bridgehead atoms. The van der Waals surface area contributed by atoms with E-state index >= 15 is 0 Å². The number of aromatic nitrogens is 1. The second-order valence-corrected chi connectivity index (χ2v) is 13.0. The molecule has 3 amide bonds. The lowest BCUT2D eigenvalue weighted by Gasteiger charge is -2.16. The molecule has 0 aliphatic rings.